The molecule has 0 radical (unpaired) electrons. The standard InChI is InChI=1S/C42H36N2/c1-3-37-39-27-25-36(44(33-21-13-7-14-22-33)34-23-15-8-16-24-34)30-42(39)38(4-2)40-28-26-35(29-41(37)40)43(31-17-9-5-10-18-31)32-19-11-6-12-20-32/h5-30H,3-4H2,1-2H3. The minimum absolute atomic E-state index is 0.956. The molecule has 0 bridgehead atoms. The molecule has 0 spiro atoms. The average Bonchev–Trinajstić information content (AvgIpc) is 3.09. The summed E-state index contributed by atoms with van der Waals surface area (Å²) >= 11 is 0. The van der Waals surface area contributed by atoms with Crippen molar-refractivity contribution in [2.45, 2.75) is 26.7 Å². The molecule has 0 aliphatic carbocycles. The number of nitrogens with zero attached hydrogens (tertiary/aromatic N) is 2. The number of fused-ring (bicyclic) bond motifs is 2. The Bertz CT molecular complexity index is 1790. The van der Waals surface area contributed by atoms with Gasteiger partial charge in [0.2, 0.25) is 0 Å². The fourth-order valence-electron chi connectivity index (χ4n) is 6.62. The number of rotatable bonds is 8. The number of hydrogen-bond acceptors (Lipinski definition) is 2. The van der Waals surface area contributed by atoms with Gasteiger partial charge in [0.15, 0.2) is 0 Å². The van der Waals surface area contributed by atoms with Crippen molar-refractivity contribution in [2.24, 2.45) is 0 Å². The highest BCUT2D eigenvalue weighted by atomic mass is 15.1. The second-order valence-corrected chi connectivity index (χ2v) is 11.1. The third-order valence-electron chi connectivity index (χ3n) is 8.59. The molecular formula is C42H36N2. The summed E-state index contributed by atoms with van der Waals surface area (Å²) in [6, 6.07) is 56.7. The summed E-state index contributed by atoms with van der Waals surface area (Å²) in [5.41, 5.74) is 9.74. The molecule has 7 aromatic rings. The Balaban J connectivity index is 1.44. The van der Waals surface area contributed by atoms with Crippen LogP contribution in [0.2, 0.25) is 0 Å². The molecule has 0 amide bonds. The molecule has 0 heterocycles. The van der Waals surface area contributed by atoms with Crippen LogP contribution in [0.4, 0.5) is 34.1 Å². The van der Waals surface area contributed by atoms with Crippen LogP contribution in [-0.2, 0) is 12.8 Å². The Hall–Kier alpha value is -5.34. The predicted octanol–water partition coefficient (Wildman–Crippen LogP) is 12.1. The number of aryl methyl sites for hydroxylation is 2. The summed E-state index contributed by atoms with van der Waals surface area (Å²) in [7, 11) is 0. The minimum Gasteiger partial charge on any atom is -0.310 e. The van der Waals surface area contributed by atoms with Crippen molar-refractivity contribution >= 4 is 55.7 Å². The molecule has 0 saturated carbocycles. The van der Waals surface area contributed by atoms with Crippen molar-refractivity contribution in [3.05, 3.63) is 169 Å². The van der Waals surface area contributed by atoms with Gasteiger partial charge in [0.05, 0.1) is 0 Å². The molecule has 0 N–H and O–H groups in total. The third kappa shape index (κ3) is 4.99. The van der Waals surface area contributed by atoms with Crippen LogP contribution in [0, 0.1) is 0 Å². The molecule has 214 valence electrons. The van der Waals surface area contributed by atoms with Crippen molar-refractivity contribution in [3.8, 4) is 0 Å². The van der Waals surface area contributed by atoms with E-state index in [1.807, 2.05) is 0 Å². The van der Waals surface area contributed by atoms with Gasteiger partial charge in [0, 0.05) is 34.1 Å². The zero-order chi connectivity index (χ0) is 29.9. The summed E-state index contributed by atoms with van der Waals surface area (Å²) in [6.07, 6.45) is 1.91. The van der Waals surface area contributed by atoms with E-state index in [9.17, 15) is 0 Å². The van der Waals surface area contributed by atoms with Gasteiger partial charge >= 0.3 is 0 Å². The van der Waals surface area contributed by atoms with Crippen molar-refractivity contribution in [1.82, 2.24) is 0 Å². The highest BCUT2D eigenvalue weighted by Gasteiger charge is 2.19. The first-order valence-electron chi connectivity index (χ1n) is 15.6. The number of para-hydroxylation sites is 4. The lowest BCUT2D eigenvalue weighted by molar-refractivity contribution is 1.15. The van der Waals surface area contributed by atoms with Crippen LogP contribution in [0.1, 0.15) is 25.0 Å². The van der Waals surface area contributed by atoms with Gasteiger partial charge in [-0.1, -0.05) is 98.8 Å². The maximum absolute atomic E-state index is 2.40. The van der Waals surface area contributed by atoms with Crippen molar-refractivity contribution < 1.29 is 0 Å². The van der Waals surface area contributed by atoms with Crippen LogP contribution in [0.15, 0.2) is 158 Å². The summed E-state index contributed by atoms with van der Waals surface area (Å²) in [6.45, 7) is 4.57. The van der Waals surface area contributed by atoms with Gasteiger partial charge in [-0.2, -0.15) is 0 Å². The Morgan fingerprint density at radius 3 is 0.886 bits per heavy atom. The van der Waals surface area contributed by atoms with E-state index in [4.69, 9.17) is 0 Å². The fourth-order valence-corrected chi connectivity index (χ4v) is 6.62. The Kier molecular flexibility index (Phi) is 7.56. The van der Waals surface area contributed by atoms with Crippen LogP contribution in [-0.4, -0.2) is 0 Å². The lowest BCUT2D eigenvalue weighted by Gasteiger charge is -2.27. The topological polar surface area (TPSA) is 6.48 Å². The van der Waals surface area contributed by atoms with E-state index in [1.54, 1.807) is 0 Å². The summed E-state index contributed by atoms with van der Waals surface area (Å²) in [5, 5.41) is 5.35. The molecule has 0 unspecified atom stereocenters. The number of anilines is 6. The van der Waals surface area contributed by atoms with Crippen LogP contribution < -0.4 is 9.80 Å². The van der Waals surface area contributed by atoms with E-state index in [-0.39, 0.29) is 0 Å². The lowest BCUT2D eigenvalue weighted by Crippen LogP contribution is -2.10. The van der Waals surface area contributed by atoms with Gasteiger partial charge in [-0.05, 0) is 118 Å². The first-order chi connectivity index (χ1) is 21.8. The van der Waals surface area contributed by atoms with Crippen LogP contribution in [0.25, 0.3) is 21.5 Å². The molecule has 0 aliphatic rings. The molecule has 2 heteroatoms. The molecule has 7 rings (SSSR count). The van der Waals surface area contributed by atoms with Gasteiger partial charge in [-0.3, -0.25) is 0 Å². The van der Waals surface area contributed by atoms with E-state index >= 15 is 0 Å². The third-order valence-corrected chi connectivity index (χ3v) is 8.59. The Morgan fingerprint density at radius 1 is 0.318 bits per heavy atom. The molecule has 7 aromatic carbocycles. The molecule has 44 heavy (non-hydrogen) atoms. The number of benzene rings is 7. The van der Waals surface area contributed by atoms with Gasteiger partial charge in [0.25, 0.3) is 0 Å². The van der Waals surface area contributed by atoms with Crippen molar-refractivity contribution in [2.75, 3.05) is 9.80 Å². The smallest absolute Gasteiger partial charge is 0.0468 e. The average molecular weight is 569 g/mol. The largest absolute Gasteiger partial charge is 0.310 e. The van der Waals surface area contributed by atoms with Gasteiger partial charge < -0.3 is 9.80 Å². The fraction of sp³-hybridized carbons (Fsp3) is 0.0952. The normalized spacial score (nSPS) is 11.1. The maximum Gasteiger partial charge on any atom is 0.0468 e. The molecule has 2 nitrogen and oxygen atoms in total. The van der Waals surface area contributed by atoms with E-state index in [0.29, 0.717) is 0 Å². The van der Waals surface area contributed by atoms with E-state index in [1.165, 1.54) is 44.0 Å². The maximum atomic E-state index is 2.40. The summed E-state index contributed by atoms with van der Waals surface area (Å²) in [5.74, 6) is 0. The van der Waals surface area contributed by atoms with Gasteiger partial charge in [-0.25, -0.2) is 0 Å². The second-order valence-electron chi connectivity index (χ2n) is 11.1. The first kappa shape index (κ1) is 27.5. The minimum atomic E-state index is 0.956. The highest BCUT2D eigenvalue weighted by Crippen LogP contribution is 2.42. The monoisotopic (exact) mass is 568 g/mol. The molecule has 0 aliphatic heterocycles. The second kappa shape index (κ2) is 12.1. The van der Waals surface area contributed by atoms with E-state index < -0.39 is 0 Å². The van der Waals surface area contributed by atoms with Gasteiger partial charge in [0.1, 0.15) is 0 Å². The Morgan fingerprint density at radius 2 is 0.614 bits per heavy atom. The molecule has 0 atom stereocenters. The Labute approximate surface area is 260 Å². The van der Waals surface area contributed by atoms with Crippen LogP contribution in [0.3, 0.4) is 0 Å². The first-order valence-corrected chi connectivity index (χ1v) is 15.6. The van der Waals surface area contributed by atoms with Gasteiger partial charge in [-0.15, -0.1) is 0 Å². The molecule has 0 aromatic heterocycles. The zero-order valence-electron chi connectivity index (χ0n) is 25.3. The van der Waals surface area contributed by atoms with Crippen LogP contribution >= 0.6 is 0 Å². The van der Waals surface area contributed by atoms with E-state index in [0.717, 1.165) is 35.6 Å². The van der Waals surface area contributed by atoms with E-state index in [2.05, 4.69) is 181 Å². The van der Waals surface area contributed by atoms with Crippen molar-refractivity contribution in [1.29, 1.82) is 0 Å². The summed E-state index contributed by atoms with van der Waals surface area (Å²) in [4.78, 5) is 4.71. The van der Waals surface area contributed by atoms with Crippen molar-refractivity contribution in [3.63, 3.8) is 0 Å². The van der Waals surface area contributed by atoms with Crippen LogP contribution in [0.5, 0.6) is 0 Å². The summed E-state index contributed by atoms with van der Waals surface area (Å²) < 4.78 is 0. The molecular weight excluding hydrogens is 532 g/mol. The number of hydrogen-bond donors (Lipinski definition) is 0. The predicted molar refractivity (Wildman–Crippen MR) is 190 cm³/mol. The highest BCUT2D eigenvalue weighted by molar-refractivity contribution is 6.08. The lowest BCUT2D eigenvalue weighted by atomic mass is 9.88. The zero-order valence-corrected chi connectivity index (χ0v) is 25.3. The SMILES string of the molecule is CCc1c2ccc(N(c3ccccc3)c3ccccc3)cc2c(CC)c2ccc(N(c3ccccc3)c3ccccc3)cc12. The quantitative estimate of drug-likeness (QED) is 0.168. The molecule has 0 fully saturated rings. The molecule has 0 saturated heterocycles.